The third-order valence-electron chi connectivity index (χ3n) is 3.48. The Bertz CT molecular complexity index is 397. The van der Waals surface area contributed by atoms with Gasteiger partial charge in [0.15, 0.2) is 0 Å². The van der Waals surface area contributed by atoms with E-state index in [0.717, 1.165) is 32.0 Å². The fourth-order valence-corrected chi connectivity index (χ4v) is 2.43. The van der Waals surface area contributed by atoms with Gasteiger partial charge in [-0.2, -0.15) is 0 Å². The van der Waals surface area contributed by atoms with Gasteiger partial charge in [-0.05, 0) is 38.8 Å². The predicted molar refractivity (Wildman–Crippen MR) is 69.9 cm³/mol. The molecule has 0 spiro atoms. The van der Waals surface area contributed by atoms with Crippen LogP contribution in [0.15, 0.2) is 18.2 Å². The van der Waals surface area contributed by atoms with E-state index in [2.05, 4.69) is 19.2 Å². The van der Waals surface area contributed by atoms with Crippen LogP contribution in [-0.4, -0.2) is 25.2 Å². The summed E-state index contributed by atoms with van der Waals surface area (Å²) in [5.74, 6) is -0.724. The van der Waals surface area contributed by atoms with Crippen LogP contribution in [0.1, 0.15) is 26.7 Å². The highest BCUT2D eigenvalue weighted by atomic mass is 19.1. The number of hydrogen-bond donors (Lipinski definition) is 1. The van der Waals surface area contributed by atoms with Gasteiger partial charge in [0, 0.05) is 31.2 Å². The van der Waals surface area contributed by atoms with Gasteiger partial charge < -0.3 is 10.2 Å². The number of hydrogen-bond acceptors (Lipinski definition) is 2. The molecule has 1 aliphatic rings. The number of nitrogens with one attached hydrogen (secondary N) is 1. The maximum Gasteiger partial charge on any atom is 0.146 e. The second-order valence-corrected chi connectivity index (χ2v) is 5.13. The molecule has 18 heavy (non-hydrogen) atoms. The van der Waals surface area contributed by atoms with E-state index in [9.17, 15) is 8.78 Å². The van der Waals surface area contributed by atoms with E-state index in [-0.39, 0.29) is 11.6 Å². The summed E-state index contributed by atoms with van der Waals surface area (Å²) in [4.78, 5) is 1.95. The molecule has 1 saturated heterocycles. The average Bonchev–Trinajstić information content (AvgIpc) is 2.31. The molecule has 1 fully saturated rings. The van der Waals surface area contributed by atoms with Crippen LogP contribution in [-0.2, 0) is 0 Å². The highest BCUT2D eigenvalue weighted by Crippen LogP contribution is 2.22. The van der Waals surface area contributed by atoms with Crippen LogP contribution >= 0.6 is 0 Å². The second kappa shape index (κ2) is 5.65. The first-order valence-electron chi connectivity index (χ1n) is 6.52. The number of rotatable bonds is 1. The topological polar surface area (TPSA) is 15.3 Å². The number of anilines is 1. The molecule has 0 saturated carbocycles. The van der Waals surface area contributed by atoms with Gasteiger partial charge in [0.1, 0.15) is 11.6 Å². The first-order valence-corrected chi connectivity index (χ1v) is 6.52. The molecular weight excluding hydrogens is 234 g/mol. The molecule has 4 heteroatoms. The van der Waals surface area contributed by atoms with Crippen LogP contribution in [0, 0.1) is 11.6 Å². The quantitative estimate of drug-likeness (QED) is 0.829. The first kappa shape index (κ1) is 13.3. The summed E-state index contributed by atoms with van der Waals surface area (Å²) in [7, 11) is 0. The fourth-order valence-electron chi connectivity index (χ4n) is 2.43. The molecule has 1 heterocycles. The summed E-state index contributed by atoms with van der Waals surface area (Å²) in [5, 5.41) is 3.49. The monoisotopic (exact) mass is 254 g/mol. The van der Waals surface area contributed by atoms with Crippen molar-refractivity contribution < 1.29 is 8.78 Å². The van der Waals surface area contributed by atoms with Crippen molar-refractivity contribution in [3.8, 4) is 0 Å². The third-order valence-corrected chi connectivity index (χ3v) is 3.48. The normalized spacial score (nSPS) is 25.7. The lowest BCUT2D eigenvalue weighted by atomic mass is 10.1. The van der Waals surface area contributed by atoms with E-state index >= 15 is 0 Å². The van der Waals surface area contributed by atoms with Crippen LogP contribution in [0.2, 0.25) is 0 Å². The largest absolute Gasteiger partial charge is 0.369 e. The second-order valence-electron chi connectivity index (χ2n) is 5.13. The Kier molecular flexibility index (Phi) is 4.17. The summed E-state index contributed by atoms with van der Waals surface area (Å²) >= 11 is 0. The molecule has 0 aromatic heterocycles. The third kappa shape index (κ3) is 3.19. The minimum atomic E-state index is -0.382. The Labute approximate surface area is 107 Å². The molecule has 2 unspecified atom stereocenters. The maximum absolute atomic E-state index is 13.8. The molecule has 0 radical (unpaired) electrons. The van der Waals surface area contributed by atoms with Gasteiger partial charge >= 0.3 is 0 Å². The molecule has 1 aromatic rings. The van der Waals surface area contributed by atoms with Crippen molar-refractivity contribution in [2.45, 2.75) is 38.8 Å². The van der Waals surface area contributed by atoms with Crippen LogP contribution < -0.4 is 10.2 Å². The zero-order valence-corrected chi connectivity index (χ0v) is 10.9. The summed E-state index contributed by atoms with van der Waals surface area (Å²) in [6.07, 6.45) is 1.86. The van der Waals surface area contributed by atoms with Gasteiger partial charge in [-0.1, -0.05) is 0 Å². The van der Waals surface area contributed by atoms with E-state index < -0.39 is 0 Å². The van der Waals surface area contributed by atoms with Gasteiger partial charge in [0.25, 0.3) is 0 Å². The van der Waals surface area contributed by atoms with Crippen molar-refractivity contribution in [3.63, 3.8) is 0 Å². The number of benzene rings is 1. The van der Waals surface area contributed by atoms with E-state index in [1.165, 1.54) is 12.1 Å². The van der Waals surface area contributed by atoms with Crippen molar-refractivity contribution in [1.29, 1.82) is 0 Å². The van der Waals surface area contributed by atoms with Gasteiger partial charge in [-0.25, -0.2) is 8.78 Å². The van der Waals surface area contributed by atoms with Crippen molar-refractivity contribution in [1.82, 2.24) is 5.32 Å². The zero-order chi connectivity index (χ0) is 13.1. The Balaban J connectivity index is 2.17. The van der Waals surface area contributed by atoms with E-state index in [4.69, 9.17) is 0 Å². The predicted octanol–water partition coefficient (Wildman–Crippen LogP) is 2.93. The van der Waals surface area contributed by atoms with Crippen molar-refractivity contribution in [3.05, 3.63) is 29.8 Å². The van der Waals surface area contributed by atoms with Crippen molar-refractivity contribution in [2.75, 3.05) is 18.0 Å². The molecule has 1 aliphatic heterocycles. The molecular formula is C14H20F2N2. The minimum Gasteiger partial charge on any atom is -0.369 e. The molecule has 2 atom stereocenters. The zero-order valence-electron chi connectivity index (χ0n) is 10.9. The van der Waals surface area contributed by atoms with Crippen LogP contribution in [0.5, 0.6) is 0 Å². The maximum atomic E-state index is 13.8. The van der Waals surface area contributed by atoms with Crippen molar-refractivity contribution >= 4 is 5.69 Å². The lowest BCUT2D eigenvalue weighted by Crippen LogP contribution is -2.43. The van der Waals surface area contributed by atoms with Gasteiger partial charge in [-0.3, -0.25) is 0 Å². The fraction of sp³-hybridized carbons (Fsp3) is 0.571. The Hall–Kier alpha value is -1.16. The molecule has 2 nitrogen and oxygen atoms in total. The standard InChI is InChI=1S/C14H20F2N2/c1-10-5-7-18(8-6-11(2)17-10)14-9-12(15)3-4-13(14)16/h3-4,9-11,17H,5-8H2,1-2H3. The average molecular weight is 254 g/mol. The Morgan fingerprint density at radius 2 is 1.72 bits per heavy atom. The van der Waals surface area contributed by atoms with E-state index in [1.807, 2.05) is 4.90 Å². The minimum absolute atomic E-state index is 0.342. The molecule has 0 bridgehead atoms. The lowest BCUT2D eigenvalue weighted by molar-refractivity contribution is 0.402. The molecule has 0 aliphatic carbocycles. The lowest BCUT2D eigenvalue weighted by Gasteiger charge is -2.32. The van der Waals surface area contributed by atoms with Crippen LogP contribution in [0.4, 0.5) is 14.5 Å². The van der Waals surface area contributed by atoms with E-state index in [1.54, 1.807) is 0 Å². The molecule has 0 amide bonds. The summed E-state index contributed by atoms with van der Waals surface area (Å²) in [5.41, 5.74) is 0.385. The number of halogens is 2. The van der Waals surface area contributed by atoms with E-state index in [0.29, 0.717) is 17.8 Å². The Morgan fingerprint density at radius 1 is 1.11 bits per heavy atom. The SMILES string of the molecule is CC1CCN(c2cc(F)ccc2F)CCC(C)N1. The molecule has 2 rings (SSSR count). The smallest absolute Gasteiger partial charge is 0.146 e. The first-order chi connectivity index (χ1) is 8.56. The summed E-state index contributed by atoms with van der Waals surface area (Å²) in [6, 6.07) is 4.46. The summed E-state index contributed by atoms with van der Waals surface area (Å²) in [6.45, 7) is 5.76. The van der Waals surface area contributed by atoms with Gasteiger partial charge in [0.2, 0.25) is 0 Å². The van der Waals surface area contributed by atoms with Gasteiger partial charge in [0.05, 0.1) is 5.69 Å². The Morgan fingerprint density at radius 3 is 2.33 bits per heavy atom. The van der Waals surface area contributed by atoms with Crippen molar-refractivity contribution in [2.24, 2.45) is 0 Å². The highest BCUT2D eigenvalue weighted by molar-refractivity contribution is 5.48. The highest BCUT2D eigenvalue weighted by Gasteiger charge is 2.18. The molecule has 1 aromatic carbocycles. The summed E-state index contributed by atoms with van der Waals surface area (Å²) < 4.78 is 27.0. The number of nitrogens with zero attached hydrogens (tertiary/aromatic N) is 1. The van der Waals surface area contributed by atoms with Gasteiger partial charge in [-0.15, -0.1) is 0 Å². The molecule has 1 N–H and O–H groups in total. The van der Waals surface area contributed by atoms with Crippen LogP contribution in [0.25, 0.3) is 0 Å². The van der Waals surface area contributed by atoms with Crippen LogP contribution in [0.3, 0.4) is 0 Å². The molecule has 100 valence electrons.